The van der Waals surface area contributed by atoms with E-state index in [1.807, 2.05) is 6.92 Å². The Balaban J connectivity index is 2.78. The van der Waals surface area contributed by atoms with Crippen molar-refractivity contribution in [2.45, 2.75) is 13.3 Å². The number of aromatic nitrogens is 3. The zero-order valence-electron chi connectivity index (χ0n) is 9.74. The van der Waals surface area contributed by atoms with Crippen molar-refractivity contribution >= 4 is 17.7 Å². The summed E-state index contributed by atoms with van der Waals surface area (Å²) in [5.41, 5.74) is 0. The molecule has 0 saturated heterocycles. The van der Waals surface area contributed by atoms with E-state index in [-0.39, 0.29) is 6.03 Å². The molecule has 7 nitrogen and oxygen atoms in total. The van der Waals surface area contributed by atoms with Gasteiger partial charge in [0.15, 0.2) is 0 Å². The van der Waals surface area contributed by atoms with Gasteiger partial charge in [-0.15, -0.1) is 0 Å². The zero-order valence-corrected chi connectivity index (χ0v) is 9.74. The number of nitrogens with one attached hydrogen (secondary N) is 3. The van der Waals surface area contributed by atoms with Gasteiger partial charge in [0, 0.05) is 18.7 Å². The lowest BCUT2D eigenvalue weighted by molar-refractivity contribution is -0.368. The van der Waals surface area contributed by atoms with Gasteiger partial charge in [0.2, 0.25) is 12.1 Å². The lowest BCUT2D eigenvalue weighted by atomic mass is 10.5. The SMILES string of the molecule is CCCNC(=O)N(C)c1[nH+]cnnc1NC. The van der Waals surface area contributed by atoms with Crippen LogP contribution in [0, 0.1) is 0 Å². The number of carbonyl (C=O) groups is 1. The molecule has 7 heteroatoms. The predicted octanol–water partition coefficient (Wildman–Crippen LogP) is -0.112. The lowest BCUT2D eigenvalue weighted by Crippen LogP contribution is -2.40. The van der Waals surface area contributed by atoms with Crippen molar-refractivity contribution in [2.24, 2.45) is 0 Å². The largest absolute Gasteiger partial charge is 0.379 e. The summed E-state index contributed by atoms with van der Waals surface area (Å²) in [5, 5.41) is 13.2. The maximum Gasteiger partial charge on any atom is 0.379 e. The van der Waals surface area contributed by atoms with Crippen LogP contribution in [-0.4, -0.2) is 36.9 Å². The molecule has 1 aromatic heterocycles. The molecule has 0 radical (unpaired) electrons. The fourth-order valence-electron chi connectivity index (χ4n) is 1.17. The summed E-state index contributed by atoms with van der Waals surface area (Å²) in [6, 6.07) is -0.178. The monoisotopic (exact) mass is 225 g/mol. The first kappa shape index (κ1) is 12.2. The number of rotatable bonds is 4. The Kier molecular flexibility index (Phi) is 4.43. The molecular weight excluding hydrogens is 208 g/mol. The van der Waals surface area contributed by atoms with E-state index in [1.165, 1.54) is 11.2 Å². The van der Waals surface area contributed by atoms with Gasteiger partial charge in [-0.05, 0) is 11.5 Å². The molecule has 3 N–H and O–H groups in total. The Bertz CT molecular complexity index is 356. The average Bonchev–Trinajstić information content (AvgIpc) is 2.34. The van der Waals surface area contributed by atoms with Crippen LogP contribution in [0.4, 0.5) is 16.4 Å². The van der Waals surface area contributed by atoms with E-state index in [9.17, 15) is 4.79 Å². The smallest absolute Gasteiger partial charge is 0.365 e. The predicted molar refractivity (Wildman–Crippen MR) is 60.2 cm³/mol. The van der Waals surface area contributed by atoms with E-state index in [4.69, 9.17) is 0 Å². The number of urea groups is 1. The molecule has 0 aromatic carbocycles. The fraction of sp³-hybridized carbons (Fsp3) is 0.556. The summed E-state index contributed by atoms with van der Waals surface area (Å²) >= 11 is 0. The van der Waals surface area contributed by atoms with Gasteiger partial charge < -0.3 is 10.6 Å². The van der Waals surface area contributed by atoms with Gasteiger partial charge in [0.25, 0.3) is 5.82 Å². The van der Waals surface area contributed by atoms with Crippen LogP contribution in [-0.2, 0) is 0 Å². The third-order valence-corrected chi connectivity index (χ3v) is 2.04. The molecular formula is C9H17N6O+. The number of H-pyrrole nitrogens is 1. The lowest BCUT2D eigenvalue weighted by Gasteiger charge is -2.12. The highest BCUT2D eigenvalue weighted by Gasteiger charge is 2.21. The van der Waals surface area contributed by atoms with Crippen LogP contribution in [0.5, 0.6) is 0 Å². The summed E-state index contributed by atoms with van der Waals surface area (Å²) in [4.78, 5) is 16.0. The highest BCUT2D eigenvalue weighted by atomic mass is 16.2. The highest BCUT2D eigenvalue weighted by molar-refractivity contribution is 5.91. The number of hydrogen-bond donors (Lipinski definition) is 2. The number of nitrogens with zero attached hydrogens (tertiary/aromatic N) is 3. The van der Waals surface area contributed by atoms with E-state index in [1.54, 1.807) is 14.1 Å². The van der Waals surface area contributed by atoms with Crippen LogP contribution < -0.4 is 20.5 Å². The first-order valence-electron chi connectivity index (χ1n) is 5.13. The van der Waals surface area contributed by atoms with Gasteiger partial charge >= 0.3 is 6.03 Å². The molecule has 2 amide bonds. The van der Waals surface area contributed by atoms with Crippen molar-refractivity contribution in [3.8, 4) is 0 Å². The maximum absolute atomic E-state index is 11.7. The van der Waals surface area contributed by atoms with E-state index < -0.39 is 0 Å². The van der Waals surface area contributed by atoms with Gasteiger partial charge in [0.1, 0.15) is 0 Å². The van der Waals surface area contributed by atoms with Crippen LogP contribution in [0.3, 0.4) is 0 Å². The third kappa shape index (κ3) is 2.78. The first-order chi connectivity index (χ1) is 7.70. The molecule has 0 aliphatic rings. The molecule has 88 valence electrons. The van der Waals surface area contributed by atoms with E-state index in [0.29, 0.717) is 18.2 Å². The number of anilines is 2. The van der Waals surface area contributed by atoms with Crippen molar-refractivity contribution < 1.29 is 9.78 Å². The molecule has 16 heavy (non-hydrogen) atoms. The minimum absolute atomic E-state index is 0.178. The molecule has 0 saturated carbocycles. The number of carbonyl (C=O) groups excluding carboxylic acids is 1. The van der Waals surface area contributed by atoms with Crippen LogP contribution in [0.1, 0.15) is 13.3 Å². The quantitative estimate of drug-likeness (QED) is 0.748. The summed E-state index contributed by atoms with van der Waals surface area (Å²) in [5.74, 6) is 1.10. The number of hydrogen-bond acceptors (Lipinski definition) is 4. The second kappa shape index (κ2) is 5.84. The molecule has 0 atom stereocenters. The van der Waals surface area contributed by atoms with Crippen molar-refractivity contribution in [2.75, 3.05) is 30.9 Å². The number of aromatic amines is 1. The standard InChI is InChI=1S/C9H16N6O/c1-4-5-11-9(16)15(3)8-7(10-2)14-13-6-12-8/h6H,4-5H2,1-3H3,(H,10,14)(H,11,16)/p+1. The van der Waals surface area contributed by atoms with Crippen LogP contribution in [0.15, 0.2) is 6.33 Å². The molecule has 1 aromatic rings. The second-order valence-corrected chi connectivity index (χ2v) is 3.23. The van der Waals surface area contributed by atoms with Crippen LogP contribution in [0.25, 0.3) is 0 Å². The Morgan fingerprint density at radius 3 is 3.00 bits per heavy atom. The van der Waals surface area contributed by atoms with Crippen molar-refractivity contribution in [3.05, 3.63) is 6.33 Å². The minimum atomic E-state index is -0.178. The molecule has 0 spiro atoms. The summed E-state index contributed by atoms with van der Waals surface area (Å²) in [7, 11) is 3.39. The van der Waals surface area contributed by atoms with Gasteiger partial charge in [-0.1, -0.05) is 6.92 Å². The normalized spacial score (nSPS) is 9.69. The van der Waals surface area contributed by atoms with Gasteiger partial charge in [-0.25, -0.2) is 14.7 Å². The van der Waals surface area contributed by atoms with Crippen molar-refractivity contribution in [3.63, 3.8) is 0 Å². The van der Waals surface area contributed by atoms with E-state index >= 15 is 0 Å². The highest BCUT2D eigenvalue weighted by Crippen LogP contribution is 2.13. The van der Waals surface area contributed by atoms with Crippen molar-refractivity contribution in [1.29, 1.82) is 0 Å². The summed E-state index contributed by atoms with van der Waals surface area (Å²) in [6.45, 7) is 2.65. The number of amides is 2. The Morgan fingerprint density at radius 1 is 1.62 bits per heavy atom. The molecule has 0 fully saturated rings. The maximum atomic E-state index is 11.7. The van der Waals surface area contributed by atoms with Crippen molar-refractivity contribution in [1.82, 2.24) is 15.5 Å². The first-order valence-corrected chi connectivity index (χ1v) is 5.13. The Labute approximate surface area is 94.3 Å². The summed E-state index contributed by atoms with van der Waals surface area (Å²) < 4.78 is 0. The van der Waals surface area contributed by atoms with E-state index in [2.05, 4.69) is 25.8 Å². The van der Waals surface area contributed by atoms with Gasteiger partial charge in [-0.3, -0.25) is 0 Å². The molecule has 0 aliphatic carbocycles. The molecule has 1 heterocycles. The molecule has 0 unspecified atom stereocenters. The zero-order chi connectivity index (χ0) is 12.0. The fourth-order valence-corrected chi connectivity index (χ4v) is 1.17. The Morgan fingerprint density at radius 2 is 2.38 bits per heavy atom. The van der Waals surface area contributed by atoms with Crippen LogP contribution in [0.2, 0.25) is 0 Å². The van der Waals surface area contributed by atoms with Crippen LogP contribution >= 0.6 is 0 Å². The molecule has 1 rings (SSSR count). The molecule has 0 bridgehead atoms. The second-order valence-electron chi connectivity index (χ2n) is 3.23. The van der Waals surface area contributed by atoms with Gasteiger partial charge in [0.05, 0.1) is 7.05 Å². The average molecular weight is 225 g/mol. The third-order valence-electron chi connectivity index (χ3n) is 2.04. The molecule has 0 aliphatic heterocycles. The topological polar surface area (TPSA) is 84.3 Å². The minimum Gasteiger partial charge on any atom is -0.365 e. The van der Waals surface area contributed by atoms with E-state index in [0.717, 1.165) is 6.42 Å². The van der Waals surface area contributed by atoms with Gasteiger partial charge in [-0.2, -0.15) is 0 Å². The Hall–Kier alpha value is -1.92. The summed E-state index contributed by atoms with van der Waals surface area (Å²) in [6.07, 6.45) is 2.33.